The van der Waals surface area contributed by atoms with Crippen molar-refractivity contribution < 1.29 is 0 Å². The number of fused-ring (bicyclic) bond motifs is 9. The molecular weight excluding hydrogens is 596 g/mol. The maximum atomic E-state index is 6.89. The van der Waals surface area contributed by atoms with Crippen LogP contribution in [0.2, 0.25) is 5.15 Å². The molecule has 0 aliphatic heterocycles. The first-order chi connectivity index (χ1) is 23.2. The van der Waals surface area contributed by atoms with Crippen molar-refractivity contribution >= 4 is 77.0 Å². The van der Waals surface area contributed by atoms with Crippen molar-refractivity contribution in [1.82, 2.24) is 19.1 Å². The summed E-state index contributed by atoms with van der Waals surface area (Å²) in [5, 5.41) is 7.54. The fourth-order valence-corrected chi connectivity index (χ4v) is 7.54. The van der Waals surface area contributed by atoms with Crippen molar-refractivity contribution in [2.75, 3.05) is 0 Å². The smallest absolute Gasteiger partial charge is 0.176 e. The Morgan fingerprint density at radius 3 is 1.83 bits per heavy atom. The van der Waals surface area contributed by atoms with Crippen molar-refractivity contribution in [3.8, 4) is 22.6 Å². The SMILES string of the molecule is Clc1nc2ccccc2nc1-n1c2ccc(-c3ccc4c(c3)c3ccccc3n4-c3ccccc3)cc2c2c3ccccc3ccc21. The summed E-state index contributed by atoms with van der Waals surface area (Å²) in [4.78, 5) is 9.77. The van der Waals surface area contributed by atoms with Crippen LogP contribution in [0.3, 0.4) is 0 Å². The molecule has 0 saturated carbocycles. The minimum absolute atomic E-state index is 0.375. The van der Waals surface area contributed by atoms with Crippen molar-refractivity contribution in [3.63, 3.8) is 0 Å². The van der Waals surface area contributed by atoms with Gasteiger partial charge in [0.25, 0.3) is 0 Å². The highest BCUT2D eigenvalue weighted by Crippen LogP contribution is 2.41. The standard InChI is InChI=1S/C42H25ClN4/c43-41-42(45-35-16-8-7-15-34(35)44-41)47-38-22-20-28(25-33(38)40-30-13-5-4-10-26(30)18-23-39(40)47)27-19-21-37-32(24-27)31-14-6-9-17-36(31)46(37)29-11-2-1-3-12-29/h1-25H. The van der Waals surface area contributed by atoms with Crippen LogP contribution in [0.25, 0.3) is 88.0 Å². The molecule has 0 aliphatic rings. The summed E-state index contributed by atoms with van der Waals surface area (Å²) in [5.74, 6) is 0.628. The summed E-state index contributed by atoms with van der Waals surface area (Å²) in [5.41, 5.74) is 9.53. The van der Waals surface area contributed by atoms with E-state index in [4.69, 9.17) is 21.6 Å². The quantitative estimate of drug-likeness (QED) is 0.197. The largest absolute Gasteiger partial charge is 0.309 e. The zero-order valence-corrected chi connectivity index (χ0v) is 25.9. The molecule has 0 spiro atoms. The van der Waals surface area contributed by atoms with E-state index in [1.165, 1.54) is 43.5 Å². The van der Waals surface area contributed by atoms with Gasteiger partial charge in [0.1, 0.15) is 0 Å². The molecule has 0 N–H and O–H groups in total. The van der Waals surface area contributed by atoms with E-state index < -0.39 is 0 Å². The lowest BCUT2D eigenvalue weighted by Crippen LogP contribution is -2.01. The molecule has 0 bridgehead atoms. The topological polar surface area (TPSA) is 35.6 Å². The number of hydrogen-bond donors (Lipinski definition) is 0. The molecule has 47 heavy (non-hydrogen) atoms. The van der Waals surface area contributed by atoms with Gasteiger partial charge in [-0.05, 0) is 82.6 Å². The van der Waals surface area contributed by atoms with Gasteiger partial charge in [0.15, 0.2) is 11.0 Å². The van der Waals surface area contributed by atoms with Crippen LogP contribution < -0.4 is 0 Å². The summed E-state index contributed by atoms with van der Waals surface area (Å²) in [6.07, 6.45) is 0. The minimum Gasteiger partial charge on any atom is -0.309 e. The predicted molar refractivity (Wildman–Crippen MR) is 196 cm³/mol. The Morgan fingerprint density at radius 1 is 0.426 bits per heavy atom. The van der Waals surface area contributed by atoms with Gasteiger partial charge in [-0.1, -0.05) is 103 Å². The number of halogens is 1. The lowest BCUT2D eigenvalue weighted by atomic mass is 9.99. The predicted octanol–water partition coefficient (Wildman–Crippen LogP) is 11.3. The van der Waals surface area contributed by atoms with Crippen LogP contribution in [0.4, 0.5) is 0 Å². The summed E-state index contributed by atoms with van der Waals surface area (Å²) >= 11 is 6.89. The number of benzene rings is 7. The van der Waals surface area contributed by atoms with Crippen molar-refractivity contribution in [2.45, 2.75) is 0 Å². The number of para-hydroxylation sites is 4. The van der Waals surface area contributed by atoms with Crippen LogP contribution in [0.15, 0.2) is 152 Å². The Bertz CT molecular complexity index is 2860. The maximum Gasteiger partial charge on any atom is 0.176 e. The van der Waals surface area contributed by atoms with E-state index >= 15 is 0 Å². The Balaban J connectivity index is 1.25. The lowest BCUT2D eigenvalue weighted by molar-refractivity contribution is 1.08. The Labute approximate surface area is 274 Å². The molecule has 0 aliphatic carbocycles. The molecule has 3 aromatic heterocycles. The first-order valence-electron chi connectivity index (χ1n) is 15.7. The highest BCUT2D eigenvalue weighted by atomic mass is 35.5. The number of nitrogens with zero attached hydrogens (tertiary/aromatic N) is 4. The molecule has 220 valence electrons. The number of aromatic nitrogens is 4. The molecule has 0 saturated heterocycles. The van der Waals surface area contributed by atoms with Gasteiger partial charge in [-0.3, -0.25) is 4.57 Å². The monoisotopic (exact) mass is 620 g/mol. The zero-order chi connectivity index (χ0) is 31.1. The van der Waals surface area contributed by atoms with Crippen molar-refractivity contribution in [2.24, 2.45) is 0 Å². The van der Waals surface area contributed by atoms with Crippen LogP contribution in [-0.2, 0) is 0 Å². The average Bonchev–Trinajstić information content (AvgIpc) is 3.64. The van der Waals surface area contributed by atoms with E-state index in [0.29, 0.717) is 11.0 Å². The average molecular weight is 621 g/mol. The van der Waals surface area contributed by atoms with Gasteiger partial charge in [0.05, 0.1) is 33.1 Å². The molecule has 7 aromatic carbocycles. The maximum absolute atomic E-state index is 6.89. The van der Waals surface area contributed by atoms with Crippen LogP contribution in [-0.4, -0.2) is 19.1 Å². The molecule has 0 unspecified atom stereocenters. The van der Waals surface area contributed by atoms with E-state index in [2.05, 4.69) is 137 Å². The summed E-state index contributed by atoms with van der Waals surface area (Å²) in [6.45, 7) is 0. The fraction of sp³-hybridized carbons (Fsp3) is 0. The zero-order valence-electron chi connectivity index (χ0n) is 25.1. The van der Waals surface area contributed by atoms with Gasteiger partial charge in [0, 0.05) is 27.2 Å². The third kappa shape index (κ3) is 3.89. The van der Waals surface area contributed by atoms with Gasteiger partial charge in [-0.15, -0.1) is 0 Å². The van der Waals surface area contributed by atoms with E-state index in [1.54, 1.807) is 0 Å². The first kappa shape index (κ1) is 26.3. The first-order valence-corrected chi connectivity index (χ1v) is 16.1. The van der Waals surface area contributed by atoms with Crippen LogP contribution in [0.5, 0.6) is 0 Å². The van der Waals surface area contributed by atoms with Gasteiger partial charge in [-0.25, -0.2) is 9.97 Å². The number of rotatable bonds is 3. The highest BCUT2D eigenvalue weighted by molar-refractivity contribution is 6.32. The second kappa shape index (κ2) is 10.0. The van der Waals surface area contributed by atoms with Crippen LogP contribution >= 0.6 is 11.6 Å². The molecular formula is C42H25ClN4. The summed E-state index contributed by atoms with van der Waals surface area (Å²) < 4.78 is 4.52. The number of hydrogen-bond acceptors (Lipinski definition) is 2. The van der Waals surface area contributed by atoms with Gasteiger partial charge < -0.3 is 4.57 Å². The molecule has 4 nitrogen and oxygen atoms in total. The Morgan fingerprint density at radius 2 is 1.02 bits per heavy atom. The van der Waals surface area contributed by atoms with Crippen LogP contribution in [0.1, 0.15) is 0 Å². The van der Waals surface area contributed by atoms with E-state index in [-0.39, 0.29) is 0 Å². The lowest BCUT2D eigenvalue weighted by Gasteiger charge is -2.10. The van der Waals surface area contributed by atoms with E-state index in [9.17, 15) is 0 Å². The fourth-order valence-electron chi connectivity index (χ4n) is 7.32. The van der Waals surface area contributed by atoms with Crippen molar-refractivity contribution in [1.29, 1.82) is 0 Å². The second-order valence-corrected chi connectivity index (χ2v) is 12.4. The minimum atomic E-state index is 0.375. The molecule has 0 fully saturated rings. The van der Waals surface area contributed by atoms with Crippen LogP contribution in [0, 0.1) is 0 Å². The molecule has 3 heterocycles. The molecule has 0 atom stereocenters. The van der Waals surface area contributed by atoms with E-state index in [0.717, 1.165) is 38.7 Å². The third-order valence-electron chi connectivity index (χ3n) is 9.40. The molecule has 0 radical (unpaired) electrons. The molecule has 0 amide bonds. The van der Waals surface area contributed by atoms with Gasteiger partial charge in [0.2, 0.25) is 0 Å². The Kier molecular flexibility index (Phi) is 5.60. The van der Waals surface area contributed by atoms with Gasteiger partial charge in [-0.2, -0.15) is 0 Å². The normalized spacial score (nSPS) is 11.9. The summed E-state index contributed by atoms with van der Waals surface area (Å²) in [7, 11) is 0. The van der Waals surface area contributed by atoms with Gasteiger partial charge >= 0.3 is 0 Å². The van der Waals surface area contributed by atoms with E-state index in [1.807, 2.05) is 24.3 Å². The van der Waals surface area contributed by atoms with Crippen molar-refractivity contribution in [3.05, 3.63) is 157 Å². The second-order valence-electron chi connectivity index (χ2n) is 12.0. The molecule has 5 heteroatoms. The molecule has 10 aromatic rings. The third-order valence-corrected chi connectivity index (χ3v) is 9.65. The highest BCUT2D eigenvalue weighted by Gasteiger charge is 2.20. The molecule has 10 rings (SSSR count). The summed E-state index contributed by atoms with van der Waals surface area (Å²) in [6, 6.07) is 53.6. The Hall–Kier alpha value is -5.97.